The number of rotatable bonds is 6. The molecule has 0 aliphatic rings. The SMILES string of the molecule is CC(CN)CC(=O)NCC(C)C(C)C. The molecule has 3 N–H and O–H groups in total. The minimum absolute atomic E-state index is 0.121. The largest absolute Gasteiger partial charge is 0.356 e. The maximum atomic E-state index is 11.4. The van der Waals surface area contributed by atoms with Gasteiger partial charge in [0.25, 0.3) is 0 Å². The number of nitrogens with two attached hydrogens (primary N) is 1. The van der Waals surface area contributed by atoms with E-state index >= 15 is 0 Å². The summed E-state index contributed by atoms with van der Waals surface area (Å²) in [6.07, 6.45) is 0.543. The highest BCUT2D eigenvalue weighted by Gasteiger charge is 2.10. The summed E-state index contributed by atoms with van der Waals surface area (Å²) >= 11 is 0. The molecule has 0 aromatic carbocycles. The van der Waals surface area contributed by atoms with Gasteiger partial charge in [-0.2, -0.15) is 0 Å². The van der Waals surface area contributed by atoms with Crippen molar-refractivity contribution in [1.82, 2.24) is 5.32 Å². The Labute approximate surface area is 87.4 Å². The standard InChI is InChI=1S/C11H24N2O/c1-8(2)10(4)7-13-11(14)5-9(3)6-12/h8-10H,5-7,12H2,1-4H3,(H,13,14). The molecule has 0 rings (SSSR count). The Morgan fingerprint density at radius 2 is 1.86 bits per heavy atom. The maximum Gasteiger partial charge on any atom is 0.220 e. The van der Waals surface area contributed by atoms with E-state index in [-0.39, 0.29) is 11.8 Å². The summed E-state index contributed by atoms with van der Waals surface area (Å²) in [5.74, 6) is 1.55. The molecule has 0 aliphatic heterocycles. The Hall–Kier alpha value is -0.570. The van der Waals surface area contributed by atoms with Gasteiger partial charge in [0.15, 0.2) is 0 Å². The van der Waals surface area contributed by atoms with Gasteiger partial charge >= 0.3 is 0 Å². The van der Waals surface area contributed by atoms with Gasteiger partial charge in [-0.15, -0.1) is 0 Å². The summed E-state index contributed by atoms with van der Waals surface area (Å²) in [4.78, 5) is 11.4. The van der Waals surface area contributed by atoms with Crippen LogP contribution in [0.4, 0.5) is 0 Å². The molecule has 0 heterocycles. The zero-order chi connectivity index (χ0) is 11.1. The van der Waals surface area contributed by atoms with Crippen molar-refractivity contribution in [3.8, 4) is 0 Å². The molecule has 1 amide bonds. The number of carbonyl (C=O) groups excluding carboxylic acids is 1. The Morgan fingerprint density at radius 3 is 2.29 bits per heavy atom. The molecule has 0 bridgehead atoms. The molecule has 0 spiro atoms. The van der Waals surface area contributed by atoms with E-state index in [0.717, 1.165) is 6.54 Å². The van der Waals surface area contributed by atoms with Gasteiger partial charge in [0.05, 0.1) is 0 Å². The fraction of sp³-hybridized carbons (Fsp3) is 0.909. The van der Waals surface area contributed by atoms with Crippen LogP contribution in [0.25, 0.3) is 0 Å². The molecule has 0 aliphatic carbocycles. The van der Waals surface area contributed by atoms with Crippen LogP contribution >= 0.6 is 0 Å². The normalized spacial score (nSPS) is 15.3. The van der Waals surface area contributed by atoms with Gasteiger partial charge < -0.3 is 11.1 Å². The lowest BCUT2D eigenvalue weighted by Crippen LogP contribution is -2.32. The zero-order valence-electron chi connectivity index (χ0n) is 9.84. The van der Waals surface area contributed by atoms with Crippen LogP contribution in [0.3, 0.4) is 0 Å². The van der Waals surface area contributed by atoms with Gasteiger partial charge in [0.1, 0.15) is 0 Å². The second-order valence-corrected chi connectivity index (χ2v) is 4.57. The van der Waals surface area contributed by atoms with Crippen LogP contribution in [0.15, 0.2) is 0 Å². The fourth-order valence-corrected chi connectivity index (χ4v) is 0.983. The van der Waals surface area contributed by atoms with Crippen molar-refractivity contribution in [3.05, 3.63) is 0 Å². The highest BCUT2D eigenvalue weighted by molar-refractivity contribution is 5.76. The van der Waals surface area contributed by atoms with Crippen molar-refractivity contribution in [2.24, 2.45) is 23.5 Å². The van der Waals surface area contributed by atoms with Crippen molar-refractivity contribution < 1.29 is 4.79 Å². The van der Waals surface area contributed by atoms with Crippen LogP contribution in [0.1, 0.15) is 34.1 Å². The predicted octanol–water partition coefficient (Wildman–Crippen LogP) is 1.38. The quantitative estimate of drug-likeness (QED) is 0.680. The van der Waals surface area contributed by atoms with E-state index in [2.05, 4.69) is 26.1 Å². The van der Waals surface area contributed by atoms with Crippen molar-refractivity contribution in [3.63, 3.8) is 0 Å². The molecule has 0 saturated heterocycles. The first-order valence-corrected chi connectivity index (χ1v) is 5.44. The van der Waals surface area contributed by atoms with Gasteiger partial charge in [-0.1, -0.05) is 27.7 Å². The monoisotopic (exact) mass is 200 g/mol. The molecule has 0 fully saturated rings. The van der Waals surface area contributed by atoms with Gasteiger partial charge in [0, 0.05) is 13.0 Å². The van der Waals surface area contributed by atoms with E-state index in [1.807, 2.05) is 6.92 Å². The van der Waals surface area contributed by atoms with Gasteiger partial charge in [-0.3, -0.25) is 4.79 Å². The molecule has 84 valence electrons. The van der Waals surface area contributed by atoms with E-state index in [9.17, 15) is 4.79 Å². The number of hydrogen-bond acceptors (Lipinski definition) is 2. The van der Waals surface area contributed by atoms with Gasteiger partial charge in [-0.05, 0) is 24.3 Å². The first-order chi connectivity index (χ1) is 6.47. The summed E-state index contributed by atoms with van der Waals surface area (Å²) in [7, 11) is 0. The van der Waals surface area contributed by atoms with Crippen LogP contribution < -0.4 is 11.1 Å². The van der Waals surface area contributed by atoms with E-state index in [1.165, 1.54) is 0 Å². The summed E-state index contributed by atoms with van der Waals surface area (Å²) in [6, 6.07) is 0. The number of carbonyl (C=O) groups is 1. The molecule has 0 saturated carbocycles. The van der Waals surface area contributed by atoms with Crippen LogP contribution in [0.2, 0.25) is 0 Å². The average molecular weight is 200 g/mol. The Balaban J connectivity index is 3.64. The van der Waals surface area contributed by atoms with Crippen molar-refractivity contribution in [2.75, 3.05) is 13.1 Å². The summed E-state index contributed by atoms with van der Waals surface area (Å²) in [5.41, 5.74) is 5.44. The third-order valence-corrected chi connectivity index (χ3v) is 2.70. The van der Waals surface area contributed by atoms with Gasteiger partial charge in [0.2, 0.25) is 5.91 Å². The summed E-state index contributed by atoms with van der Waals surface area (Å²) in [5, 5.41) is 2.93. The van der Waals surface area contributed by atoms with Crippen LogP contribution in [-0.4, -0.2) is 19.0 Å². The smallest absolute Gasteiger partial charge is 0.220 e. The lowest BCUT2D eigenvalue weighted by molar-refractivity contribution is -0.122. The van der Waals surface area contributed by atoms with Crippen LogP contribution in [0, 0.1) is 17.8 Å². The Bertz CT molecular complexity index is 169. The second-order valence-electron chi connectivity index (χ2n) is 4.57. The number of nitrogens with one attached hydrogen (secondary N) is 1. The lowest BCUT2D eigenvalue weighted by Gasteiger charge is -2.16. The molecule has 2 unspecified atom stereocenters. The Morgan fingerprint density at radius 1 is 1.29 bits per heavy atom. The third-order valence-electron chi connectivity index (χ3n) is 2.70. The van der Waals surface area contributed by atoms with Gasteiger partial charge in [-0.25, -0.2) is 0 Å². The first kappa shape index (κ1) is 13.4. The second kappa shape index (κ2) is 6.82. The van der Waals surface area contributed by atoms with E-state index < -0.39 is 0 Å². The zero-order valence-corrected chi connectivity index (χ0v) is 9.84. The predicted molar refractivity (Wildman–Crippen MR) is 59.8 cm³/mol. The maximum absolute atomic E-state index is 11.4. The molecule has 0 aromatic rings. The Kier molecular flexibility index (Phi) is 6.54. The van der Waals surface area contributed by atoms with E-state index in [0.29, 0.717) is 24.8 Å². The van der Waals surface area contributed by atoms with Crippen LogP contribution in [0.5, 0.6) is 0 Å². The molecule has 14 heavy (non-hydrogen) atoms. The minimum atomic E-state index is 0.121. The molecule has 0 radical (unpaired) electrons. The lowest BCUT2D eigenvalue weighted by atomic mass is 9.98. The highest BCUT2D eigenvalue weighted by Crippen LogP contribution is 2.08. The fourth-order valence-electron chi connectivity index (χ4n) is 0.983. The molecule has 0 aromatic heterocycles. The summed E-state index contributed by atoms with van der Waals surface area (Å²) < 4.78 is 0. The molecular formula is C11H24N2O. The van der Waals surface area contributed by atoms with Crippen LogP contribution in [-0.2, 0) is 4.79 Å². The first-order valence-electron chi connectivity index (χ1n) is 5.44. The van der Waals surface area contributed by atoms with Crippen molar-refractivity contribution in [1.29, 1.82) is 0 Å². The molecule has 3 nitrogen and oxygen atoms in total. The van der Waals surface area contributed by atoms with Crippen molar-refractivity contribution >= 4 is 5.91 Å². The van der Waals surface area contributed by atoms with E-state index in [1.54, 1.807) is 0 Å². The number of amides is 1. The average Bonchev–Trinajstić information content (AvgIpc) is 2.13. The summed E-state index contributed by atoms with van der Waals surface area (Å²) in [6.45, 7) is 9.82. The number of hydrogen-bond donors (Lipinski definition) is 2. The highest BCUT2D eigenvalue weighted by atomic mass is 16.1. The van der Waals surface area contributed by atoms with Crippen molar-refractivity contribution in [2.45, 2.75) is 34.1 Å². The minimum Gasteiger partial charge on any atom is -0.356 e. The van der Waals surface area contributed by atoms with E-state index in [4.69, 9.17) is 5.73 Å². The third kappa shape index (κ3) is 5.97. The topological polar surface area (TPSA) is 55.1 Å². The molecule has 2 atom stereocenters. The molecular weight excluding hydrogens is 176 g/mol. The molecule has 3 heteroatoms.